The van der Waals surface area contributed by atoms with Crippen molar-refractivity contribution < 1.29 is 15.0 Å². The zero-order chi connectivity index (χ0) is 17.3. The molecule has 0 amide bonds. The number of carboxylic acids is 1. The zero-order valence-corrected chi connectivity index (χ0v) is 14.9. The normalized spacial score (nSPS) is 38.3. The summed E-state index contributed by atoms with van der Waals surface area (Å²) >= 11 is 0. The molecular formula is C20H32O3. The fourth-order valence-electron chi connectivity index (χ4n) is 5.46. The van der Waals surface area contributed by atoms with E-state index in [0.717, 1.165) is 44.1 Å². The van der Waals surface area contributed by atoms with Crippen LogP contribution in [0, 0.1) is 22.7 Å². The van der Waals surface area contributed by atoms with Crippen molar-refractivity contribution in [3.05, 3.63) is 23.8 Å². The van der Waals surface area contributed by atoms with Gasteiger partial charge in [0.15, 0.2) is 0 Å². The van der Waals surface area contributed by atoms with Crippen molar-refractivity contribution in [3.8, 4) is 0 Å². The number of aliphatic hydroxyl groups is 1. The molecule has 0 aliphatic heterocycles. The van der Waals surface area contributed by atoms with Crippen LogP contribution in [0.4, 0.5) is 0 Å². The summed E-state index contributed by atoms with van der Waals surface area (Å²) in [6.45, 7) is 11.1. The lowest BCUT2D eigenvalue weighted by Crippen LogP contribution is -2.51. The first-order valence-electron chi connectivity index (χ1n) is 8.91. The van der Waals surface area contributed by atoms with Gasteiger partial charge in [-0.05, 0) is 68.1 Å². The van der Waals surface area contributed by atoms with E-state index in [1.165, 1.54) is 18.1 Å². The number of rotatable bonds is 5. The van der Waals surface area contributed by atoms with E-state index in [1.807, 2.05) is 6.92 Å². The maximum absolute atomic E-state index is 10.8. The Morgan fingerprint density at radius 2 is 2.09 bits per heavy atom. The Morgan fingerprint density at radius 3 is 2.70 bits per heavy atom. The predicted octanol–water partition coefficient (Wildman–Crippen LogP) is 4.57. The van der Waals surface area contributed by atoms with E-state index < -0.39 is 5.97 Å². The van der Waals surface area contributed by atoms with Crippen molar-refractivity contribution in [3.63, 3.8) is 0 Å². The first-order chi connectivity index (χ1) is 10.7. The predicted molar refractivity (Wildman–Crippen MR) is 93.1 cm³/mol. The van der Waals surface area contributed by atoms with E-state index in [2.05, 4.69) is 20.4 Å². The Bertz CT molecular complexity index is 507. The minimum atomic E-state index is -0.861. The molecule has 0 aromatic heterocycles. The van der Waals surface area contributed by atoms with Crippen molar-refractivity contribution in [2.24, 2.45) is 22.7 Å². The molecule has 0 aromatic rings. The second-order valence-electron chi connectivity index (χ2n) is 8.34. The van der Waals surface area contributed by atoms with E-state index in [1.54, 1.807) is 0 Å². The fraction of sp³-hybridized carbons (Fsp3) is 0.750. The van der Waals surface area contributed by atoms with E-state index in [4.69, 9.17) is 5.11 Å². The van der Waals surface area contributed by atoms with Gasteiger partial charge in [-0.1, -0.05) is 38.0 Å². The van der Waals surface area contributed by atoms with Crippen molar-refractivity contribution >= 4 is 5.97 Å². The van der Waals surface area contributed by atoms with Crippen LogP contribution in [0.15, 0.2) is 23.8 Å². The van der Waals surface area contributed by atoms with Gasteiger partial charge in [0.1, 0.15) is 0 Å². The molecule has 3 nitrogen and oxygen atoms in total. The SMILES string of the molecule is C=C1CC[C@H]2[C@@](C)(CO)CCC[C@]2(C)[C@H]1CC/C(C)=C\C(=O)O. The van der Waals surface area contributed by atoms with E-state index >= 15 is 0 Å². The standard InChI is InChI=1S/C20H32O3/c1-14(12-18(22)23)6-8-16-15(2)7-9-17-19(3,13-21)10-5-11-20(16,17)4/h12,16-17,21H,2,5-11,13H2,1,3-4H3,(H,22,23)/b14-12-/t16-,17-,19+,20+/m0/s1. The Morgan fingerprint density at radius 1 is 1.39 bits per heavy atom. The third kappa shape index (κ3) is 3.55. The molecule has 0 aromatic carbocycles. The highest BCUT2D eigenvalue weighted by Crippen LogP contribution is 2.61. The van der Waals surface area contributed by atoms with Gasteiger partial charge in [-0.3, -0.25) is 0 Å². The maximum Gasteiger partial charge on any atom is 0.328 e. The van der Waals surface area contributed by atoms with Gasteiger partial charge in [-0.25, -0.2) is 4.79 Å². The summed E-state index contributed by atoms with van der Waals surface area (Å²) in [4.78, 5) is 10.8. The van der Waals surface area contributed by atoms with Crippen molar-refractivity contribution in [2.75, 3.05) is 6.61 Å². The van der Waals surface area contributed by atoms with Crippen LogP contribution in [-0.4, -0.2) is 22.8 Å². The van der Waals surface area contributed by atoms with Gasteiger partial charge in [-0.2, -0.15) is 0 Å². The van der Waals surface area contributed by atoms with Crippen molar-refractivity contribution in [1.82, 2.24) is 0 Å². The van der Waals surface area contributed by atoms with E-state index in [-0.39, 0.29) is 17.4 Å². The third-order valence-electron chi connectivity index (χ3n) is 6.70. The molecule has 4 atom stereocenters. The van der Waals surface area contributed by atoms with Crippen LogP contribution in [0.2, 0.25) is 0 Å². The molecule has 23 heavy (non-hydrogen) atoms. The van der Waals surface area contributed by atoms with Gasteiger partial charge < -0.3 is 10.2 Å². The molecule has 0 spiro atoms. The molecule has 2 fully saturated rings. The average molecular weight is 320 g/mol. The number of carboxylic acid groups (broad SMARTS) is 1. The summed E-state index contributed by atoms with van der Waals surface area (Å²) in [5.41, 5.74) is 2.47. The third-order valence-corrected chi connectivity index (χ3v) is 6.70. The topological polar surface area (TPSA) is 57.5 Å². The number of hydrogen-bond donors (Lipinski definition) is 2. The summed E-state index contributed by atoms with van der Waals surface area (Å²) in [5.74, 6) is 0.108. The highest BCUT2D eigenvalue weighted by Gasteiger charge is 2.53. The molecule has 2 rings (SSSR count). The number of aliphatic carboxylic acids is 1. The summed E-state index contributed by atoms with van der Waals surface area (Å²) in [6.07, 6.45) is 8.76. The number of fused-ring (bicyclic) bond motifs is 1. The quantitative estimate of drug-likeness (QED) is 0.576. The Balaban J connectivity index is 2.20. The van der Waals surface area contributed by atoms with Crippen LogP contribution < -0.4 is 0 Å². The molecule has 2 N–H and O–H groups in total. The van der Waals surface area contributed by atoms with Crippen LogP contribution in [-0.2, 0) is 4.79 Å². The van der Waals surface area contributed by atoms with Crippen LogP contribution in [0.25, 0.3) is 0 Å². The van der Waals surface area contributed by atoms with Gasteiger partial charge in [0.25, 0.3) is 0 Å². The molecule has 0 bridgehead atoms. The molecule has 2 aliphatic rings. The number of hydrogen-bond acceptors (Lipinski definition) is 2. The molecule has 2 saturated carbocycles. The molecule has 2 aliphatic carbocycles. The lowest BCUT2D eigenvalue weighted by molar-refractivity contribution is -0.131. The lowest BCUT2D eigenvalue weighted by atomic mass is 9.47. The minimum Gasteiger partial charge on any atom is -0.478 e. The molecule has 130 valence electrons. The first-order valence-corrected chi connectivity index (χ1v) is 8.91. The highest BCUT2D eigenvalue weighted by molar-refractivity contribution is 5.80. The fourth-order valence-corrected chi connectivity index (χ4v) is 5.46. The van der Waals surface area contributed by atoms with Crippen LogP contribution in [0.1, 0.15) is 65.7 Å². The Kier molecular flexibility index (Phi) is 5.40. The monoisotopic (exact) mass is 320 g/mol. The van der Waals surface area contributed by atoms with Crippen LogP contribution in [0.5, 0.6) is 0 Å². The summed E-state index contributed by atoms with van der Waals surface area (Å²) in [7, 11) is 0. The second kappa shape index (κ2) is 6.80. The maximum atomic E-state index is 10.8. The number of carbonyl (C=O) groups is 1. The summed E-state index contributed by atoms with van der Waals surface area (Å²) in [5, 5.41) is 18.9. The number of aliphatic hydroxyl groups excluding tert-OH is 1. The van der Waals surface area contributed by atoms with E-state index in [0.29, 0.717) is 11.8 Å². The van der Waals surface area contributed by atoms with Gasteiger partial charge >= 0.3 is 5.97 Å². The molecule has 0 unspecified atom stereocenters. The zero-order valence-electron chi connectivity index (χ0n) is 14.9. The minimum absolute atomic E-state index is 0.0257. The summed E-state index contributed by atoms with van der Waals surface area (Å²) < 4.78 is 0. The molecule has 0 saturated heterocycles. The molecular weight excluding hydrogens is 288 g/mol. The Labute approximate surface area is 140 Å². The second-order valence-corrected chi connectivity index (χ2v) is 8.34. The summed E-state index contributed by atoms with van der Waals surface area (Å²) in [6, 6.07) is 0. The van der Waals surface area contributed by atoms with Gasteiger partial charge in [0, 0.05) is 12.7 Å². The van der Waals surface area contributed by atoms with Crippen molar-refractivity contribution in [2.45, 2.75) is 65.7 Å². The Hall–Kier alpha value is -1.09. The van der Waals surface area contributed by atoms with Crippen LogP contribution in [0.3, 0.4) is 0 Å². The lowest BCUT2D eigenvalue weighted by Gasteiger charge is -2.58. The highest BCUT2D eigenvalue weighted by atomic mass is 16.4. The van der Waals surface area contributed by atoms with Crippen molar-refractivity contribution in [1.29, 1.82) is 0 Å². The van der Waals surface area contributed by atoms with Gasteiger partial charge in [0.05, 0.1) is 0 Å². The average Bonchev–Trinajstić information content (AvgIpc) is 2.45. The molecule has 0 heterocycles. The van der Waals surface area contributed by atoms with Crippen LogP contribution >= 0.6 is 0 Å². The van der Waals surface area contributed by atoms with E-state index in [9.17, 15) is 9.90 Å². The first kappa shape index (κ1) is 18.3. The molecule has 3 heteroatoms. The van der Waals surface area contributed by atoms with Gasteiger partial charge in [0.2, 0.25) is 0 Å². The largest absolute Gasteiger partial charge is 0.478 e. The van der Waals surface area contributed by atoms with Gasteiger partial charge in [-0.15, -0.1) is 0 Å². The smallest absolute Gasteiger partial charge is 0.328 e. The number of allylic oxidation sites excluding steroid dienone is 2. The molecule has 0 radical (unpaired) electrons.